The van der Waals surface area contributed by atoms with E-state index in [-0.39, 0.29) is 98.7 Å². The van der Waals surface area contributed by atoms with Crippen LogP contribution in [0.5, 0.6) is 0 Å². The highest BCUT2D eigenvalue weighted by Crippen LogP contribution is 2.52. The summed E-state index contributed by atoms with van der Waals surface area (Å²) in [5, 5.41) is 0. The zero-order chi connectivity index (χ0) is 29.5. The summed E-state index contributed by atoms with van der Waals surface area (Å²) < 4.78 is 0. The van der Waals surface area contributed by atoms with Crippen LogP contribution in [0.25, 0.3) is 0 Å². The van der Waals surface area contributed by atoms with Crippen LogP contribution in [0, 0.1) is 11.8 Å². The van der Waals surface area contributed by atoms with Crippen LogP contribution in [0.4, 0.5) is 0 Å². The lowest BCUT2D eigenvalue weighted by molar-refractivity contribution is 0.402. The Bertz CT molecular complexity index is 643. The first-order valence-corrected chi connectivity index (χ1v) is 27.4. The molecule has 0 radical (unpaired) electrons. The molecule has 0 spiro atoms. The molecule has 0 aromatic rings. The van der Waals surface area contributed by atoms with Crippen LogP contribution in [0.3, 0.4) is 0 Å². The van der Waals surface area contributed by atoms with Gasteiger partial charge in [-0.1, -0.05) is 287 Å². The Morgan fingerprint density at radius 1 is 0.237 bits per heavy atom. The van der Waals surface area contributed by atoms with Gasteiger partial charge >= 0.3 is 0 Å². The molecule has 0 aromatic heterocycles. The molecule has 16 atom stereocenters. The van der Waals surface area contributed by atoms with Crippen LogP contribution in [-0.4, -0.2) is 86.9 Å². The molecule has 0 saturated heterocycles. The minimum absolute atomic E-state index is 0.106. The molecular formula is C20H20Br18. The minimum atomic E-state index is 0.106. The van der Waals surface area contributed by atoms with Crippen molar-refractivity contribution in [3.8, 4) is 0 Å². The van der Waals surface area contributed by atoms with Crippen molar-refractivity contribution < 1.29 is 0 Å². The van der Waals surface area contributed by atoms with Crippen LogP contribution < -0.4 is 0 Å². The average Bonchev–Trinajstić information content (AvgIpc) is 2.90. The van der Waals surface area contributed by atoms with Crippen LogP contribution in [-0.2, 0) is 0 Å². The molecule has 16 unspecified atom stereocenters. The zero-order valence-electron chi connectivity index (χ0n) is 18.4. The fraction of sp³-hybridized carbons (Fsp3) is 1.00. The first-order valence-electron chi connectivity index (χ1n) is 10.9. The fourth-order valence-electron chi connectivity index (χ4n) is 4.44. The molecule has 226 valence electrons. The largest absolute Gasteiger partial charge is 0.0874 e. The van der Waals surface area contributed by atoms with Crippen LogP contribution in [0.1, 0.15) is 0 Å². The molecule has 18 heteroatoms. The Labute approximate surface area is 377 Å². The van der Waals surface area contributed by atoms with Crippen molar-refractivity contribution in [3.05, 3.63) is 0 Å². The second-order valence-electron chi connectivity index (χ2n) is 9.15. The van der Waals surface area contributed by atoms with Gasteiger partial charge in [0.1, 0.15) is 0 Å². The van der Waals surface area contributed by atoms with E-state index in [0.717, 1.165) is 0 Å². The lowest BCUT2D eigenvalue weighted by atomic mass is 9.84. The van der Waals surface area contributed by atoms with E-state index in [4.69, 9.17) is 0 Å². The second-order valence-corrected chi connectivity index (χ2v) is 28.2. The van der Waals surface area contributed by atoms with E-state index in [1.807, 2.05) is 0 Å². The molecule has 2 fully saturated rings. The van der Waals surface area contributed by atoms with Gasteiger partial charge in [0.15, 0.2) is 0 Å². The van der Waals surface area contributed by atoms with Crippen molar-refractivity contribution in [1.29, 1.82) is 0 Å². The van der Waals surface area contributed by atoms with Crippen molar-refractivity contribution in [2.24, 2.45) is 11.8 Å². The van der Waals surface area contributed by atoms with Crippen LogP contribution in [0.2, 0.25) is 0 Å². The highest BCUT2D eigenvalue weighted by atomic mass is 79.9. The maximum absolute atomic E-state index is 4.15. The van der Waals surface area contributed by atoms with Gasteiger partial charge in [0.2, 0.25) is 0 Å². The molecule has 2 aliphatic rings. The summed E-state index contributed by atoms with van der Waals surface area (Å²) in [7, 11) is 0. The normalized spacial score (nSPS) is 52.6. The van der Waals surface area contributed by atoms with Gasteiger partial charge in [-0.25, -0.2) is 0 Å². The molecule has 0 amide bonds. The third kappa shape index (κ3) is 9.91. The minimum Gasteiger partial charge on any atom is -0.0874 e. The lowest BCUT2D eigenvalue weighted by Crippen LogP contribution is -2.56. The number of hydrogen-bond donors (Lipinski definition) is 0. The van der Waals surface area contributed by atoms with Gasteiger partial charge < -0.3 is 0 Å². The number of alkyl halides is 18. The van der Waals surface area contributed by atoms with Gasteiger partial charge in [-0.05, 0) is 11.8 Å². The predicted octanol–water partition coefficient (Wildman–Crippen LogP) is 14.0. The lowest BCUT2D eigenvalue weighted by Gasteiger charge is -2.46. The Balaban J connectivity index is 2.37. The fourth-order valence-corrected chi connectivity index (χ4v) is 25.8. The van der Waals surface area contributed by atoms with Crippen LogP contribution in [0.15, 0.2) is 0 Å². The highest BCUT2D eigenvalue weighted by molar-refractivity contribution is 9.17. The average molecular weight is 1700 g/mol. The smallest absolute Gasteiger partial charge is 0.0418 e. The molecule has 0 N–H and O–H groups in total. The van der Waals surface area contributed by atoms with Gasteiger partial charge in [0, 0.05) is 86.9 Å². The molecular weight excluding hydrogens is 1680 g/mol. The summed E-state index contributed by atoms with van der Waals surface area (Å²) in [6.45, 7) is 0. The first-order chi connectivity index (χ1) is 17.4. The molecule has 0 bridgehead atoms. The van der Waals surface area contributed by atoms with Gasteiger partial charge in [-0.3, -0.25) is 0 Å². The maximum Gasteiger partial charge on any atom is 0.0418 e. The molecule has 2 saturated carbocycles. The number of rotatable bonds is 5. The first kappa shape index (κ1) is 42.8. The summed E-state index contributed by atoms with van der Waals surface area (Å²) in [6, 6.07) is 0. The monoisotopic (exact) mass is 1680 g/mol. The van der Waals surface area contributed by atoms with E-state index < -0.39 is 0 Å². The highest BCUT2D eigenvalue weighted by Gasteiger charge is 2.53. The van der Waals surface area contributed by atoms with Gasteiger partial charge in [0.25, 0.3) is 0 Å². The maximum atomic E-state index is 4.15. The Kier molecular flexibility index (Phi) is 21.7. The predicted molar refractivity (Wildman–Crippen MR) is 236 cm³/mol. The van der Waals surface area contributed by atoms with Gasteiger partial charge in [0.05, 0.1) is 0 Å². The summed E-state index contributed by atoms with van der Waals surface area (Å²) in [4.78, 5) is 3.31. The van der Waals surface area contributed by atoms with Crippen molar-refractivity contribution in [2.75, 3.05) is 0 Å². The summed E-state index contributed by atoms with van der Waals surface area (Å²) in [6.07, 6.45) is 0. The zero-order valence-corrected chi connectivity index (χ0v) is 46.9. The van der Waals surface area contributed by atoms with Gasteiger partial charge in [-0.15, -0.1) is 0 Å². The number of hydrogen-bond acceptors (Lipinski definition) is 0. The molecule has 0 heterocycles. The van der Waals surface area contributed by atoms with E-state index >= 15 is 0 Å². The molecule has 38 heavy (non-hydrogen) atoms. The van der Waals surface area contributed by atoms with E-state index in [0.29, 0.717) is 0 Å². The van der Waals surface area contributed by atoms with Crippen molar-refractivity contribution in [1.82, 2.24) is 0 Å². The molecule has 0 nitrogen and oxygen atoms in total. The second kappa shape index (κ2) is 19.3. The van der Waals surface area contributed by atoms with Crippen LogP contribution >= 0.6 is 287 Å². The SMILES string of the molecule is BrC1C(Br)C(Br)C(Br)C(C(Br)C(Br)C(Br)C(Br)C2C(Br)C(Br)C(Br)C(Br)C(Br)C(Br)C2Br)C(Br)C(Br)C1Br. The van der Waals surface area contributed by atoms with E-state index in [9.17, 15) is 0 Å². The van der Waals surface area contributed by atoms with Gasteiger partial charge in [-0.2, -0.15) is 0 Å². The van der Waals surface area contributed by atoms with E-state index in [1.54, 1.807) is 0 Å². The third-order valence-electron chi connectivity index (χ3n) is 6.77. The Morgan fingerprint density at radius 2 is 0.368 bits per heavy atom. The molecule has 0 aromatic carbocycles. The topological polar surface area (TPSA) is 0 Å². The standard InChI is InChI=1S/C20H20Br18/c21-3(1-5(23)11(29)15(33)19(37)16(34)12(30)6(1)24)9(27)10(28)4(22)2-7(25)13(31)17(35)20(38)18(36)14(32)8(2)26/h1-20H. The van der Waals surface area contributed by atoms with Crippen molar-refractivity contribution >= 4 is 287 Å². The number of halogens is 18. The molecule has 2 aliphatic carbocycles. The molecule has 0 aliphatic heterocycles. The summed E-state index contributed by atoms with van der Waals surface area (Å²) in [5.41, 5.74) is 0. The third-order valence-corrected chi connectivity index (χ3v) is 38.2. The molecule has 2 rings (SSSR count). The van der Waals surface area contributed by atoms with E-state index in [1.165, 1.54) is 0 Å². The quantitative estimate of drug-likeness (QED) is 0.241. The summed E-state index contributed by atoms with van der Waals surface area (Å²) in [5.74, 6) is 0.455. The Morgan fingerprint density at radius 3 is 0.526 bits per heavy atom. The summed E-state index contributed by atoms with van der Waals surface area (Å²) >= 11 is 72.4. The van der Waals surface area contributed by atoms with Crippen molar-refractivity contribution in [2.45, 2.75) is 86.9 Å². The Hall–Kier alpha value is 8.64. The van der Waals surface area contributed by atoms with Crippen molar-refractivity contribution in [3.63, 3.8) is 0 Å². The van der Waals surface area contributed by atoms with E-state index in [2.05, 4.69) is 287 Å².